The lowest BCUT2D eigenvalue weighted by Crippen LogP contribution is -2.36. The summed E-state index contributed by atoms with van der Waals surface area (Å²) in [5.41, 5.74) is 4.57. The van der Waals surface area contributed by atoms with E-state index in [-0.39, 0.29) is 24.0 Å². The summed E-state index contributed by atoms with van der Waals surface area (Å²) >= 11 is 5.89. The maximum atomic E-state index is 5.89. The van der Waals surface area contributed by atoms with Crippen LogP contribution in [0.15, 0.2) is 29.3 Å². The molecule has 0 radical (unpaired) electrons. The monoisotopic (exact) mass is 447 g/mol. The number of aryl methyl sites for hydroxylation is 2. The number of benzene rings is 1. The summed E-state index contributed by atoms with van der Waals surface area (Å²) in [6, 6.07) is 7.77. The van der Waals surface area contributed by atoms with E-state index in [1.54, 1.807) is 7.05 Å². The van der Waals surface area contributed by atoms with E-state index >= 15 is 0 Å². The Bertz CT molecular complexity index is 664. The summed E-state index contributed by atoms with van der Waals surface area (Å²) in [7, 11) is 3.72. The number of aliphatic imine (C=N–C) groups is 1. The van der Waals surface area contributed by atoms with Crippen molar-refractivity contribution in [2.24, 2.45) is 12.0 Å². The second kappa shape index (κ2) is 9.12. The van der Waals surface area contributed by atoms with Crippen LogP contribution in [0.1, 0.15) is 22.5 Å². The molecule has 2 rings (SSSR count). The normalized spacial score (nSPS) is 11.1. The van der Waals surface area contributed by atoms with E-state index in [2.05, 4.69) is 27.6 Å². The molecule has 0 atom stereocenters. The number of halogens is 2. The molecule has 0 aliphatic rings. The van der Waals surface area contributed by atoms with Crippen molar-refractivity contribution in [1.82, 2.24) is 20.4 Å². The summed E-state index contributed by atoms with van der Waals surface area (Å²) in [6.07, 6.45) is 0. The van der Waals surface area contributed by atoms with Crippen LogP contribution >= 0.6 is 35.6 Å². The van der Waals surface area contributed by atoms with Gasteiger partial charge in [0.25, 0.3) is 0 Å². The van der Waals surface area contributed by atoms with Gasteiger partial charge in [-0.2, -0.15) is 5.10 Å². The number of guanidine groups is 1. The summed E-state index contributed by atoms with van der Waals surface area (Å²) in [4.78, 5) is 4.24. The Balaban J connectivity index is 0.00000264. The van der Waals surface area contributed by atoms with Gasteiger partial charge in [0.1, 0.15) is 0 Å². The van der Waals surface area contributed by atoms with Crippen LogP contribution in [0.5, 0.6) is 0 Å². The van der Waals surface area contributed by atoms with Crippen molar-refractivity contribution in [3.8, 4) is 0 Å². The molecule has 1 heterocycles. The van der Waals surface area contributed by atoms with E-state index in [9.17, 15) is 0 Å². The Morgan fingerprint density at radius 3 is 2.30 bits per heavy atom. The van der Waals surface area contributed by atoms with Crippen LogP contribution in [0.25, 0.3) is 0 Å². The second-order valence-electron chi connectivity index (χ2n) is 5.18. The number of hydrogen-bond donors (Lipinski definition) is 2. The highest BCUT2D eigenvalue weighted by Gasteiger charge is 2.09. The topological polar surface area (TPSA) is 54.2 Å². The zero-order valence-electron chi connectivity index (χ0n) is 13.9. The van der Waals surface area contributed by atoms with Gasteiger partial charge in [0.05, 0.1) is 5.69 Å². The van der Waals surface area contributed by atoms with Crippen LogP contribution in [0.3, 0.4) is 0 Å². The fraction of sp³-hybridized carbons (Fsp3) is 0.375. The third kappa shape index (κ3) is 5.39. The predicted octanol–water partition coefficient (Wildman–Crippen LogP) is 3.17. The van der Waals surface area contributed by atoms with E-state index in [0.717, 1.165) is 27.9 Å². The Labute approximate surface area is 159 Å². The van der Waals surface area contributed by atoms with Crippen LogP contribution in [-0.2, 0) is 20.1 Å². The minimum atomic E-state index is 0. The standard InChI is InChI=1S/C16H22ClN5.HI/c1-11-15(12(2)22(4)21-11)10-20-16(18-3)19-9-13-5-7-14(17)8-6-13;/h5-8H,9-10H2,1-4H3,(H2,18,19,20);1H. The molecule has 0 bridgehead atoms. The van der Waals surface area contributed by atoms with Gasteiger partial charge in [0, 0.05) is 43.5 Å². The Hall–Kier alpha value is -1.28. The van der Waals surface area contributed by atoms with Crippen LogP contribution < -0.4 is 10.6 Å². The number of nitrogens with zero attached hydrogens (tertiary/aromatic N) is 3. The smallest absolute Gasteiger partial charge is 0.191 e. The largest absolute Gasteiger partial charge is 0.352 e. The Morgan fingerprint density at radius 1 is 1.17 bits per heavy atom. The lowest BCUT2D eigenvalue weighted by Gasteiger charge is -2.12. The average molecular weight is 448 g/mol. The number of nitrogens with one attached hydrogen (secondary N) is 2. The Kier molecular flexibility index (Phi) is 7.84. The zero-order valence-corrected chi connectivity index (χ0v) is 16.9. The molecular weight excluding hydrogens is 425 g/mol. The minimum absolute atomic E-state index is 0. The van der Waals surface area contributed by atoms with Crippen LogP contribution in [-0.4, -0.2) is 22.8 Å². The van der Waals surface area contributed by atoms with E-state index < -0.39 is 0 Å². The number of rotatable bonds is 4. The molecule has 0 fully saturated rings. The van der Waals surface area contributed by atoms with Crippen molar-refractivity contribution in [2.75, 3.05) is 7.05 Å². The fourth-order valence-electron chi connectivity index (χ4n) is 2.25. The van der Waals surface area contributed by atoms with Gasteiger partial charge in [-0.25, -0.2) is 0 Å². The predicted molar refractivity (Wildman–Crippen MR) is 107 cm³/mol. The highest BCUT2D eigenvalue weighted by atomic mass is 127. The molecule has 0 aliphatic heterocycles. The van der Waals surface area contributed by atoms with Crippen molar-refractivity contribution in [3.05, 3.63) is 51.8 Å². The number of aromatic nitrogens is 2. The molecule has 5 nitrogen and oxygen atoms in total. The SMILES string of the molecule is CN=C(NCc1ccc(Cl)cc1)NCc1c(C)nn(C)c1C.I. The summed E-state index contributed by atoms with van der Waals surface area (Å²) in [6.45, 7) is 5.49. The molecule has 126 valence electrons. The van der Waals surface area contributed by atoms with Gasteiger partial charge in [0.2, 0.25) is 0 Å². The average Bonchev–Trinajstić information content (AvgIpc) is 2.75. The molecule has 1 aromatic carbocycles. The molecule has 2 N–H and O–H groups in total. The van der Waals surface area contributed by atoms with Crippen LogP contribution in [0.4, 0.5) is 0 Å². The Morgan fingerprint density at radius 2 is 1.78 bits per heavy atom. The lowest BCUT2D eigenvalue weighted by atomic mass is 10.2. The second-order valence-corrected chi connectivity index (χ2v) is 5.62. The molecule has 0 spiro atoms. The van der Waals surface area contributed by atoms with E-state index in [1.807, 2.05) is 42.9 Å². The summed E-state index contributed by atoms with van der Waals surface area (Å²) in [5, 5.41) is 11.8. The van der Waals surface area contributed by atoms with E-state index in [1.165, 1.54) is 5.56 Å². The molecule has 7 heteroatoms. The van der Waals surface area contributed by atoms with Crippen molar-refractivity contribution in [3.63, 3.8) is 0 Å². The lowest BCUT2D eigenvalue weighted by molar-refractivity contribution is 0.728. The number of hydrogen-bond acceptors (Lipinski definition) is 2. The van der Waals surface area contributed by atoms with Gasteiger partial charge in [0.15, 0.2) is 5.96 Å². The van der Waals surface area contributed by atoms with Crippen LogP contribution in [0, 0.1) is 13.8 Å². The van der Waals surface area contributed by atoms with E-state index in [4.69, 9.17) is 11.6 Å². The van der Waals surface area contributed by atoms with Gasteiger partial charge < -0.3 is 10.6 Å². The molecule has 0 aliphatic carbocycles. The molecule has 0 unspecified atom stereocenters. The summed E-state index contributed by atoms with van der Waals surface area (Å²) in [5.74, 6) is 0.762. The molecule has 0 amide bonds. The first-order valence-electron chi connectivity index (χ1n) is 7.19. The third-order valence-electron chi connectivity index (χ3n) is 3.69. The molecule has 2 aromatic rings. The molecule has 0 saturated carbocycles. The molecule has 0 saturated heterocycles. The van der Waals surface area contributed by atoms with Crippen molar-refractivity contribution in [1.29, 1.82) is 0 Å². The van der Waals surface area contributed by atoms with Crippen molar-refractivity contribution in [2.45, 2.75) is 26.9 Å². The van der Waals surface area contributed by atoms with Gasteiger partial charge >= 0.3 is 0 Å². The molecule has 1 aromatic heterocycles. The van der Waals surface area contributed by atoms with Crippen LogP contribution in [0.2, 0.25) is 5.02 Å². The third-order valence-corrected chi connectivity index (χ3v) is 3.94. The zero-order chi connectivity index (χ0) is 16.1. The van der Waals surface area contributed by atoms with Gasteiger partial charge in [-0.3, -0.25) is 9.67 Å². The molecular formula is C16H23ClIN5. The minimum Gasteiger partial charge on any atom is -0.352 e. The fourth-order valence-corrected chi connectivity index (χ4v) is 2.38. The van der Waals surface area contributed by atoms with Gasteiger partial charge in [-0.15, -0.1) is 24.0 Å². The van der Waals surface area contributed by atoms with Crippen molar-refractivity contribution < 1.29 is 0 Å². The van der Waals surface area contributed by atoms with Crippen molar-refractivity contribution >= 4 is 41.5 Å². The first kappa shape index (κ1) is 19.8. The quantitative estimate of drug-likeness (QED) is 0.430. The highest BCUT2D eigenvalue weighted by molar-refractivity contribution is 14.0. The highest BCUT2D eigenvalue weighted by Crippen LogP contribution is 2.11. The van der Waals surface area contributed by atoms with E-state index in [0.29, 0.717) is 13.1 Å². The maximum absolute atomic E-state index is 5.89. The maximum Gasteiger partial charge on any atom is 0.191 e. The first-order chi connectivity index (χ1) is 10.5. The molecule has 23 heavy (non-hydrogen) atoms. The first-order valence-corrected chi connectivity index (χ1v) is 7.57. The van der Waals surface area contributed by atoms with Gasteiger partial charge in [-0.1, -0.05) is 23.7 Å². The van der Waals surface area contributed by atoms with Gasteiger partial charge in [-0.05, 0) is 31.5 Å². The summed E-state index contributed by atoms with van der Waals surface area (Å²) < 4.78 is 1.90.